The summed E-state index contributed by atoms with van der Waals surface area (Å²) in [6.07, 6.45) is 3.11. The van der Waals surface area contributed by atoms with Crippen LogP contribution in [0.1, 0.15) is 37.5 Å². The van der Waals surface area contributed by atoms with Crippen LogP contribution in [0.5, 0.6) is 0 Å². The summed E-state index contributed by atoms with van der Waals surface area (Å²) in [5.74, 6) is 0.793. The highest BCUT2D eigenvalue weighted by atomic mass is 16.5. The number of carbonyl (C=O) groups is 2. The topological polar surface area (TPSA) is 110 Å². The molecule has 1 aliphatic heterocycles. The van der Waals surface area contributed by atoms with Crippen LogP contribution in [-0.4, -0.2) is 25.2 Å². The zero-order valence-corrected chi connectivity index (χ0v) is 14.7. The van der Waals surface area contributed by atoms with Gasteiger partial charge in [-0.25, -0.2) is 9.59 Å². The zero-order valence-electron chi connectivity index (χ0n) is 14.7. The van der Waals surface area contributed by atoms with Gasteiger partial charge in [0, 0.05) is 0 Å². The summed E-state index contributed by atoms with van der Waals surface area (Å²) in [7, 11) is 0. The molecular formula is C18H22N3O5+. The fourth-order valence-corrected chi connectivity index (χ4v) is 2.86. The van der Waals surface area contributed by atoms with Crippen molar-refractivity contribution in [3.8, 4) is 0 Å². The van der Waals surface area contributed by atoms with E-state index >= 15 is 0 Å². The average Bonchev–Trinajstić information content (AvgIpc) is 3.32. The highest BCUT2D eigenvalue weighted by Gasteiger charge is 2.36. The number of ether oxygens (including phenoxy) is 1. The lowest BCUT2D eigenvalue weighted by Crippen LogP contribution is -2.86. The Bertz CT molecular complexity index is 780. The number of hydrogen-bond donors (Lipinski definition) is 3. The Morgan fingerprint density at radius 2 is 2.08 bits per heavy atom. The van der Waals surface area contributed by atoms with Crippen molar-refractivity contribution in [2.24, 2.45) is 0 Å². The van der Waals surface area contributed by atoms with Crippen molar-refractivity contribution in [2.75, 3.05) is 13.2 Å². The molecule has 26 heavy (non-hydrogen) atoms. The maximum absolute atomic E-state index is 12.5. The van der Waals surface area contributed by atoms with E-state index in [-0.39, 0.29) is 12.6 Å². The summed E-state index contributed by atoms with van der Waals surface area (Å²) in [6, 6.07) is 6.05. The van der Waals surface area contributed by atoms with Crippen molar-refractivity contribution in [2.45, 2.75) is 25.9 Å². The van der Waals surface area contributed by atoms with E-state index in [1.54, 1.807) is 25.3 Å². The van der Waals surface area contributed by atoms with Crippen LogP contribution in [0.4, 0.5) is 4.79 Å². The fourth-order valence-electron chi connectivity index (χ4n) is 2.86. The average molecular weight is 360 g/mol. The third kappa shape index (κ3) is 3.80. The van der Waals surface area contributed by atoms with Gasteiger partial charge in [0.05, 0.1) is 30.4 Å². The smallest absolute Gasteiger partial charge is 0.338 e. The first kappa shape index (κ1) is 17.8. The molecule has 0 bridgehead atoms. The molecule has 2 amide bonds. The van der Waals surface area contributed by atoms with Gasteiger partial charge in [-0.1, -0.05) is 0 Å². The molecule has 0 fully saturated rings. The molecule has 2 aromatic rings. The van der Waals surface area contributed by atoms with Crippen molar-refractivity contribution in [1.82, 2.24) is 10.6 Å². The van der Waals surface area contributed by atoms with Crippen LogP contribution in [0.3, 0.4) is 0 Å². The van der Waals surface area contributed by atoms with Crippen LogP contribution >= 0.6 is 0 Å². The van der Waals surface area contributed by atoms with Crippen molar-refractivity contribution in [3.05, 3.63) is 59.6 Å². The van der Waals surface area contributed by atoms with Crippen LogP contribution in [0.15, 0.2) is 56.9 Å². The monoisotopic (exact) mass is 360 g/mol. The lowest BCUT2D eigenvalue weighted by atomic mass is 10.00. The van der Waals surface area contributed by atoms with Gasteiger partial charge in [0.2, 0.25) is 0 Å². The minimum absolute atomic E-state index is 0.0230. The molecule has 1 aliphatic rings. The van der Waals surface area contributed by atoms with Crippen molar-refractivity contribution >= 4 is 12.0 Å². The number of urea groups is 1. The highest BCUT2D eigenvalue weighted by Crippen LogP contribution is 2.27. The van der Waals surface area contributed by atoms with Crippen LogP contribution in [0, 0.1) is 0 Å². The van der Waals surface area contributed by atoms with Gasteiger partial charge < -0.3 is 29.5 Å². The Morgan fingerprint density at radius 1 is 1.31 bits per heavy atom. The first-order valence-electron chi connectivity index (χ1n) is 8.48. The van der Waals surface area contributed by atoms with Gasteiger partial charge in [-0.15, -0.1) is 0 Å². The van der Waals surface area contributed by atoms with E-state index in [1.807, 2.05) is 24.4 Å². The van der Waals surface area contributed by atoms with Crippen molar-refractivity contribution in [3.63, 3.8) is 0 Å². The van der Waals surface area contributed by atoms with Crippen LogP contribution in [-0.2, 0) is 9.53 Å². The van der Waals surface area contributed by atoms with Gasteiger partial charge in [-0.3, -0.25) is 0 Å². The van der Waals surface area contributed by atoms with E-state index in [2.05, 4.69) is 10.6 Å². The number of amides is 2. The van der Waals surface area contributed by atoms with E-state index in [0.29, 0.717) is 23.6 Å². The molecule has 4 N–H and O–H groups in total. The second-order valence-electron chi connectivity index (χ2n) is 5.90. The molecule has 0 saturated carbocycles. The van der Waals surface area contributed by atoms with Gasteiger partial charge >= 0.3 is 12.0 Å². The van der Waals surface area contributed by atoms with Gasteiger partial charge in [0.1, 0.15) is 24.4 Å². The normalized spacial score (nSPS) is 18.2. The summed E-state index contributed by atoms with van der Waals surface area (Å²) in [5, 5.41) is 7.41. The van der Waals surface area contributed by atoms with Gasteiger partial charge in [-0.2, -0.15) is 0 Å². The van der Waals surface area contributed by atoms with E-state index in [1.165, 1.54) is 6.26 Å². The molecule has 8 heteroatoms. The first-order valence-corrected chi connectivity index (χ1v) is 8.48. The van der Waals surface area contributed by atoms with E-state index < -0.39 is 18.0 Å². The molecule has 0 unspecified atom stereocenters. The SMILES string of the molecule is CCOC(=O)C1=C(C[NH2+][C@@H](C)c2ccco2)NC(=O)N[C@H]1c1ccco1. The maximum Gasteiger partial charge on any atom is 0.338 e. The Hall–Kier alpha value is -3.00. The Balaban J connectivity index is 1.88. The lowest BCUT2D eigenvalue weighted by molar-refractivity contribution is -0.688. The predicted molar refractivity (Wildman–Crippen MR) is 90.7 cm³/mol. The molecule has 0 spiro atoms. The highest BCUT2D eigenvalue weighted by molar-refractivity contribution is 5.95. The predicted octanol–water partition coefficient (Wildman–Crippen LogP) is 1.37. The molecule has 3 heterocycles. The third-order valence-electron chi connectivity index (χ3n) is 4.14. The molecule has 0 radical (unpaired) electrons. The lowest BCUT2D eigenvalue weighted by Gasteiger charge is -2.27. The summed E-state index contributed by atoms with van der Waals surface area (Å²) >= 11 is 0. The van der Waals surface area contributed by atoms with Crippen molar-refractivity contribution < 1.29 is 28.5 Å². The number of quaternary nitrogens is 1. The molecular weight excluding hydrogens is 338 g/mol. The van der Waals surface area contributed by atoms with E-state index in [9.17, 15) is 9.59 Å². The Labute approximate surface area is 150 Å². The summed E-state index contributed by atoms with van der Waals surface area (Å²) in [4.78, 5) is 24.6. The summed E-state index contributed by atoms with van der Waals surface area (Å²) < 4.78 is 16.0. The second kappa shape index (κ2) is 7.92. The zero-order chi connectivity index (χ0) is 18.5. The molecule has 2 atom stereocenters. The number of rotatable bonds is 7. The second-order valence-corrected chi connectivity index (χ2v) is 5.90. The summed E-state index contributed by atoms with van der Waals surface area (Å²) in [5.41, 5.74) is 0.830. The number of carbonyl (C=O) groups excluding carboxylic acids is 2. The van der Waals surface area contributed by atoms with Crippen LogP contribution < -0.4 is 16.0 Å². The minimum Gasteiger partial charge on any atom is -0.467 e. The number of furan rings is 2. The van der Waals surface area contributed by atoms with Crippen LogP contribution in [0.2, 0.25) is 0 Å². The molecule has 0 saturated heterocycles. The van der Waals surface area contributed by atoms with Gasteiger partial charge in [0.25, 0.3) is 0 Å². The molecule has 8 nitrogen and oxygen atoms in total. The fraction of sp³-hybridized carbons (Fsp3) is 0.333. The molecule has 138 valence electrons. The third-order valence-corrected chi connectivity index (χ3v) is 4.14. The quantitative estimate of drug-likeness (QED) is 0.646. The van der Waals surface area contributed by atoms with Gasteiger partial charge in [0.15, 0.2) is 5.76 Å². The minimum atomic E-state index is -0.694. The standard InChI is InChI=1S/C18H21N3O5/c1-3-24-17(22)15-12(10-19-11(2)13-6-4-8-25-13)20-18(23)21-16(15)14-7-5-9-26-14/h4-9,11,16,19H,3,10H2,1-2H3,(H2,20,21,23)/p+1/t11-,16-/m0/s1. The number of nitrogens with two attached hydrogens (primary N) is 1. The summed E-state index contributed by atoms with van der Waals surface area (Å²) in [6.45, 7) is 4.33. The number of hydrogen-bond acceptors (Lipinski definition) is 5. The number of esters is 1. The molecule has 0 aliphatic carbocycles. The van der Waals surface area contributed by atoms with Crippen molar-refractivity contribution in [1.29, 1.82) is 0 Å². The Kier molecular flexibility index (Phi) is 5.43. The number of nitrogens with one attached hydrogen (secondary N) is 2. The molecule has 2 aromatic heterocycles. The largest absolute Gasteiger partial charge is 0.467 e. The molecule has 0 aromatic carbocycles. The van der Waals surface area contributed by atoms with E-state index in [0.717, 1.165) is 5.76 Å². The molecule has 3 rings (SSSR count). The van der Waals surface area contributed by atoms with Crippen LogP contribution in [0.25, 0.3) is 0 Å². The maximum atomic E-state index is 12.5. The van der Waals surface area contributed by atoms with Gasteiger partial charge in [-0.05, 0) is 38.1 Å². The Morgan fingerprint density at radius 3 is 2.73 bits per heavy atom. The first-order chi connectivity index (χ1) is 12.6. The van der Waals surface area contributed by atoms with E-state index in [4.69, 9.17) is 13.6 Å².